The molecule has 0 aliphatic rings. The lowest BCUT2D eigenvalue weighted by molar-refractivity contribution is 0.0939. The number of rotatable bonds is 5. The predicted octanol–water partition coefficient (Wildman–Crippen LogP) is 4.07. The Balaban J connectivity index is 1.77. The van der Waals surface area contributed by atoms with Crippen LogP contribution in [-0.2, 0) is 0 Å². The summed E-state index contributed by atoms with van der Waals surface area (Å²) in [6.45, 7) is 3.98. The van der Waals surface area contributed by atoms with Crippen molar-refractivity contribution in [3.05, 3.63) is 59.9 Å². The molecular formula is C19H18FN3O2. The highest BCUT2D eigenvalue weighted by Gasteiger charge is 2.13. The number of carbonyl (C=O) groups is 1. The minimum Gasteiger partial charge on any atom is -0.350 e. The number of aromatic nitrogens is 2. The van der Waals surface area contributed by atoms with Crippen molar-refractivity contribution in [2.24, 2.45) is 0 Å². The third kappa shape index (κ3) is 3.91. The van der Waals surface area contributed by atoms with Crippen LogP contribution < -0.4 is 5.32 Å². The maximum absolute atomic E-state index is 13.0. The molecule has 0 fully saturated rings. The van der Waals surface area contributed by atoms with E-state index in [2.05, 4.69) is 15.5 Å². The van der Waals surface area contributed by atoms with Crippen molar-refractivity contribution in [1.29, 1.82) is 0 Å². The zero-order valence-electron chi connectivity index (χ0n) is 14.0. The second-order valence-electron chi connectivity index (χ2n) is 5.79. The highest BCUT2D eigenvalue weighted by Crippen LogP contribution is 2.22. The maximum atomic E-state index is 13.0. The molecule has 0 spiro atoms. The second-order valence-corrected chi connectivity index (χ2v) is 5.79. The summed E-state index contributed by atoms with van der Waals surface area (Å²) in [5.74, 6) is 0.291. The zero-order valence-corrected chi connectivity index (χ0v) is 14.0. The molecule has 0 radical (unpaired) electrons. The van der Waals surface area contributed by atoms with Crippen molar-refractivity contribution in [1.82, 2.24) is 15.5 Å². The van der Waals surface area contributed by atoms with Crippen LogP contribution in [0, 0.1) is 5.82 Å². The lowest BCUT2D eigenvalue weighted by atomic mass is 10.1. The van der Waals surface area contributed by atoms with Gasteiger partial charge in [0, 0.05) is 22.7 Å². The molecule has 0 aliphatic heterocycles. The van der Waals surface area contributed by atoms with E-state index >= 15 is 0 Å². The number of hydrogen-bond acceptors (Lipinski definition) is 4. The third-order valence-corrected chi connectivity index (χ3v) is 3.91. The summed E-state index contributed by atoms with van der Waals surface area (Å²) in [4.78, 5) is 16.4. The molecule has 5 nitrogen and oxygen atoms in total. The first-order chi connectivity index (χ1) is 12.1. The van der Waals surface area contributed by atoms with E-state index in [1.165, 1.54) is 12.1 Å². The molecule has 1 atom stereocenters. The van der Waals surface area contributed by atoms with Gasteiger partial charge in [0.15, 0.2) is 0 Å². The van der Waals surface area contributed by atoms with Gasteiger partial charge < -0.3 is 9.84 Å². The fraction of sp³-hybridized carbons (Fsp3) is 0.211. The minimum atomic E-state index is -0.321. The van der Waals surface area contributed by atoms with Crippen LogP contribution in [0.15, 0.2) is 53.1 Å². The van der Waals surface area contributed by atoms with Crippen LogP contribution in [0.1, 0.15) is 30.6 Å². The van der Waals surface area contributed by atoms with Crippen LogP contribution in [0.5, 0.6) is 0 Å². The summed E-state index contributed by atoms with van der Waals surface area (Å²) < 4.78 is 18.2. The Kier molecular flexibility index (Phi) is 4.88. The lowest BCUT2D eigenvalue weighted by Gasteiger charge is -2.11. The Morgan fingerprint density at radius 3 is 2.40 bits per heavy atom. The van der Waals surface area contributed by atoms with E-state index in [0.29, 0.717) is 28.4 Å². The number of amides is 1. The molecule has 3 rings (SSSR count). The van der Waals surface area contributed by atoms with E-state index in [9.17, 15) is 9.18 Å². The van der Waals surface area contributed by atoms with E-state index in [-0.39, 0.29) is 17.8 Å². The van der Waals surface area contributed by atoms with Crippen LogP contribution >= 0.6 is 0 Å². The Bertz CT molecular complexity index is 857. The summed E-state index contributed by atoms with van der Waals surface area (Å²) >= 11 is 0. The molecule has 0 saturated heterocycles. The second kappa shape index (κ2) is 7.25. The Morgan fingerprint density at radius 1 is 1.12 bits per heavy atom. The number of benzene rings is 2. The van der Waals surface area contributed by atoms with Crippen LogP contribution in [0.2, 0.25) is 0 Å². The molecule has 1 N–H and O–H groups in total. The molecule has 25 heavy (non-hydrogen) atoms. The van der Waals surface area contributed by atoms with Gasteiger partial charge >= 0.3 is 0 Å². The number of nitrogens with one attached hydrogen (secondary N) is 1. The molecule has 3 aromatic rings. The number of carbonyl (C=O) groups excluding carboxylic acids is 1. The van der Waals surface area contributed by atoms with Crippen molar-refractivity contribution in [3.8, 4) is 22.8 Å². The van der Waals surface area contributed by atoms with Gasteiger partial charge in [-0.1, -0.05) is 12.1 Å². The smallest absolute Gasteiger partial charge is 0.258 e. The summed E-state index contributed by atoms with van der Waals surface area (Å²) in [5.41, 5.74) is 1.95. The van der Waals surface area contributed by atoms with Crippen LogP contribution in [-0.4, -0.2) is 22.1 Å². The van der Waals surface area contributed by atoms with Gasteiger partial charge in [-0.05, 0) is 61.9 Å². The maximum Gasteiger partial charge on any atom is 0.258 e. The first-order valence-corrected chi connectivity index (χ1v) is 8.07. The van der Waals surface area contributed by atoms with E-state index in [0.717, 1.165) is 6.42 Å². The average molecular weight is 339 g/mol. The largest absolute Gasteiger partial charge is 0.350 e. The lowest BCUT2D eigenvalue weighted by Crippen LogP contribution is -2.31. The number of nitrogens with zero attached hydrogens (tertiary/aromatic N) is 2. The molecule has 1 aromatic heterocycles. The van der Waals surface area contributed by atoms with Crippen LogP contribution in [0.25, 0.3) is 22.8 Å². The summed E-state index contributed by atoms with van der Waals surface area (Å²) in [7, 11) is 0. The number of hydrogen-bond donors (Lipinski definition) is 1. The summed E-state index contributed by atoms with van der Waals surface area (Å²) in [6, 6.07) is 12.9. The molecule has 1 heterocycles. The van der Waals surface area contributed by atoms with Gasteiger partial charge in [-0.25, -0.2) is 4.39 Å². The summed E-state index contributed by atoms with van der Waals surface area (Å²) in [5, 5.41) is 6.83. The molecule has 0 saturated carbocycles. The third-order valence-electron chi connectivity index (χ3n) is 3.91. The molecule has 0 aliphatic carbocycles. The topological polar surface area (TPSA) is 68.0 Å². The molecule has 1 amide bonds. The van der Waals surface area contributed by atoms with Crippen molar-refractivity contribution >= 4 is 5.91 Å². The van der Waals surface area contributed by atoms with Gasteiger partial charge in [0.1, 0.15) is 5.82 Å². The van der Waals surface area contributed by atoms with E-state index < -0.39 is 0 Å². The highest BCUT2D eigenvalue weighted by molar-refractivity contribution is 5.94. The zero-order chi connectivity index (χ0) is 17.8. The normalized spacial score (nSPS) is 12.0. The van der Waals surface area contributed by atoms with Gasteiger partial charge in [-0.3, -0.25) is 4.79 Å². The van der Waals surface area contributed by atoms with Crippen LogP contribution in [0.3, 0.4) is 0 Å². The van der Waals surface area contributed by atoms with Crippen LogP contribution in [0.4, 0.5) is 4.39 Å². The molecule has 2 aromatic carbocycles. The van der Waals surface area contributed by atoms with Crippen molar-refractivity contribution in [2.45, 2.75) is 26.3 Å². The van der Waals surface area contributed by atoms with Crippen molar-refractivity contribution < 1.29 is 13.7 Å². The molecule has 6 heteroatoms. The van der Waals surface area contributed by atoms with Gasteiger partial charge in [0.2, 0.25) is 5.82 Å². The molecule has 0 unspecified atom stereocenters. The molecule has 128 valence electrons. The monoisotopic (exact) mass is 339 g/mol. The van der Waals surface area contributed by atoms with E-state index in [1.54, 1.807) is 36.4 Å². The fourth-order valence-electron chi connectivity index (χ4n) is 2.23. The van der Waals surface area contributed by atoms with Gasteiger partial charge in [0.05, 0.1) is 0 Å². The Labute approximate surface area is 144 Å². The first-order valence-electron chi connectivity index (χ1n) is 8.07. The van der Waals surface area contributed by atoms with Crippen molar-refractivity contribution in [3.63, 3.8) is 0 Å². The SMILES string of the molecule is CC[C@H](C)NC(=O)c1ccc(-c2nc(-c3ccc(F)cc3)no2)cc1. The van der Waals surface area contributed by atoms with E-state index in [1.807, 2.05) is 13.8 Å². The fourth-order valence-corrected chi connectivity index (χ4v) is 2.23. The quantitative estimate of drug-likeness (QED) is 0.761. The Hall–Kier alpha value is -3.02. The predicted molar refractivity (Wildman–Crippen MR) is 92.3 cm³/mol. The van der Waals surface area contributed by atoms with E-state index in [4.69, 9.17) is 4.52 Å². The van der Waals surface area contributed by atoms with Gasteiger partial charge in [-0.2, -0.15) is 4.98 Å². The van der Waals surface area contributed by atoms with Gasteiger partial charge in [0.25, 0.3) is 11.8 Å². The van der Waals surface area contributed by atoms with Gasteiger partial charge in [-0.15, -0.1) is 0 Å². The minimum absolute atomic E-state index is 0.113. The van der Waals surface area contributed by atoms with Crippen molar-refractivity contribution in [2.75, 3.05) is 0 Å². The average Bonchev–Trinajstić information content (AvgIpc) is 3.12. The molecule has 0 bridgehead atoms. The standard InChI is InChI=1S/C19H18FN3O2/c1-3-12(2)21-18(24)14-4-6-15(7-5-14)19-22-17(23-25-19)13-8-10-16(20)11-9-13/h4-12H,3H2,1-2H3,(H,21,24)/t12-/m0/s1. The first kappa shape index (κ1) is 16.8. The number of halogens is 1. The summed E-state index contributed by atoms with van der Waals surface area (Å²) in [6.07, 6.45) is 0.873. The highest BCUT2D eigenvalue weighted by atomic mass is 19.1. The molecular weight excluding hydrogens is 321 g/mol. The Morgan fingerprint density at radius 2 is 1.76 bits per heavy atom.